The van der Waals surface area contributed by atoms with Crippen LogP contribution in [0.2, 0.25) is 0 Å². The smallest absolute Gasteiger partial charge is 0.223 e. The average Bonchev–Trinajstić information content (AvgIpc) is 3.33. The van der Waals surface area contributed by atoms with Gasteiger partial charge >= 0.3 is 0 Å². The van der Waals surface area contributed by atoms with Crippen LogP contribution >= 0.6 is 0 Å². The molecule has 3 aliphatic rings. The first-order chi connectivity index (χ1) is 13.1. The fraction of sp³-hybridized carbons (Fsp3) is 0.682. The molecule has 3 fully saturated rings. The number of hydrogen-bond acceptors (Lipinski definition) is 4. The molecule has 2 aliphatic heterocycles. The van der Waals surface area contributed by atoms with Gasteiger partial charge in [0.05, 0.1) is 12.2 Å². The quantitative estimate of drug-likeness (QED) is 0.834. The Bertz CT molecular complexity index is 661. The van der Waals surface area contributed by atoms with Gasteiger partial charge in [0.15, 0.2) is 0 Å². The number of carbonyl (C=O) groups is 1. The number of nitrogens with one attached hydrogen (secondary N) is 2. The number of piperidine rings is 1. The minimum absolute atomic E-state index is 0.229. The summed E-state index contributed by atoms with van der Waals surface area (Å²) < 4.78 is 5.85. The highest BCUT2D eigenvalue weighted by Crippen LogP contribution is 2.58. The van der Waals surface area contributed by atoms with Crippen molar-refractivity contribution in [2.75, 3.05) is 26.2 Å². The number of hydrogen-bond donors (Lipinski definition) is 2. The van der Waals surface area contributed by atoms with Crippen molar-refractivity contribution in [2.24, 2.45) is 11.3 Å². The SMILES string of the molecule is C[C@@H]1CN(Cc2ccccc2CNC(=O)[C@@H]2CC23CCNCC3)C[C@H](C)O1. The number of amides is 1. The molecule has 0 unspecified atom stereocenters. The van der Waals surface area contributed by atoms with Crippen molar-refractivity contribution in [2.45, 2.75) is 58.4 Å². The van der Waals surface area contributed by atoms with Gasteiger partial charge in [0.25, 0.3) is 0 Å². The van der Waals surface area contributed by atoms with E-state index in [-0.39, 0.29) is 24.0 Å². The molecular weight excluding hydrogens is 338 g/mol. The summed E-state index contributed by atoms with van der Waals surface area (Å²) in [6.07, 6.45) is 3.92. The Balaban J connectivity index is 1.34. The summed E-state index contributed by atoms with van der Waals surface area (Å²) >= 11 is 0. The molecule has 1 aromatic rings. The van der Waals surface area contributed by atoms with Gasteiger partial charge in [0, 0.05) is 32.1 Å². The van der Waals surface area contributed by atoms with Crippen LogP contribution in [0, 0.1) is 11.3 Å². The zero-order valence-corrected chi connectivity index (χ0v) is 16.7. The van der Waals surface area contributed by atoms with Crippen LogP contribution in [0.15, 0.2) is 24.3 Å². The minimum Gasteiger partial charge on any atom is -0.373 e. The molecule has 1 aliphatic carbocycles. The fourth-order valence-corrected chi connectivity index (χ4v) is 5.04. The molecule has 1 saturated carbocycles. The highest BCUT2D eigenvalue weighted by atomic mass is 16.5. The van der Waals surface area contributed by atoms with Crippen molar-refractivity contribution >= 4 is 5.91 Å². The third-order valence-corrected chi connectivity index (χ3v) is 6.57. The van der Waals surface area contributed by atoms with Gasteiger partial charge in [0.1, 0.15) is 0 Å². The van der Waals surface area contributed by atoms with Gasteiger partial charge in [0.2, 0.25) is 5.91 Å². The summed E-state index contributed by atoms with van der Waals surface area (Å²) in [5.74, 6) is 0.480. The normalized spacial score (nSPS) is 30.2. The van der Waals surface area contributed by atoms with E-state index in [9.17, 15) is 4.79 Å². The maximum absolute atomic E-state index is 12.7. The summed E-state index contributed by atoms with van der Waals surface area (Å²) in [4.78, 5) is 15.1. The van der Waals surface area contributed by atoms with Crippen LogP contribution in [0.25, 0.3) is 0 Å². The largest absolute Gasteiger partial charge is 0.373 e. The second-order valence-corrected chi connectivity index (χ2v) is 8.81. The molecule has 5 heteroatoms. The Labute approximate surface area is 162 Å². The molecule has 2 saturated heterocycles. The summed E-state index contributed by atoms with van der Waals surface area (Å²) in [5.41, 5.74) is 2.85. The molecule has 2 heterocycles. The molecule has 27 heavy (non-hydrogen) atoms. The Morgan fingerprint density at radius 1 is 1.19 bits per heavy atom. The zero-order chi connectivity index (χ0) is 18.9. The minimum atomic E-state index is 0.229. The monoisotopic (exact) mass is 371 g/mol. The fourth-order valence-electron chi connectivity index (χ4n) is 5.04. The van der Waals surface area contributed by atoms with Crippen molar-refractivity contribution in [3.8, 4) is 0 Å². The van der Waals surface area contributed by atoms with E-state index in [2.05, 4.69) is 53.6 Å². The molecule has 2 N–H and O–H groups in total. The van der Waals surface area contributed by atoms with Crippen LogP contribution in [-0.2, 0) is 22.6 Å². The molecule has 4 rings (SSSR count). The predicted octanol–water partition coefficient (Wildman–Crippen LogP) is 2.30. The lowest BCUT2D eigenvalue weighted by molar-refractivity contribution is -0.123. The number of carbonyl (C=O) groups excluding carboxylic acids is 1. The first-order valence-corrected chi connectivity index (χ1v) is 10.5. The Morgan fingerprint density at radius 2 is 1.85 bits per heavy atom. The van der Waals surface area contributed by atoms with E-state index < -0.39 is 0 Å². The van der Waals surface area contributed by atoms with Crippen LogP contribution in [0.1, 0.15) is 44.2 Å². The second-order valence-electron chi connectivity index (χ2n) is 8.81. The lowest BCUT2D eigenvalue weighted by atomic mass is 9.92. The number of nitrogens with zero attached hydrogens (tertiary/aromatic N) is 1. The van der Waals surface area contributed by atoms with E-state index in [0.717, 1.165) is 52.0 Å². The first-order valence-electron chi connectivity index (χ1n) is 10.5. The van der Waals surface area contributed by atoms with Crippen LogP contribution < -0.4 is 10.6 Å². The third-order valence-electron chi connectivity index (χ3n) is 6.57. The molecule has 148 valence electrons. The molecule has 1 aromatic carbocycles. The van der Waals surface area contributed by atoms with Crippen LogP contribution in [0.5, 0.6) is 0 Å². The first kappa shape index (κ1) is 18.9. The van der Waals surface area contributed by atoms with E-state index in [1.807, 2.05) is 0 Å². The van der Waals surface area contributed by atoms with E-state index in [4.69, 9.17) is 4.74 Å². The van der Waals surface area contributed by atoms with Gasteiger partial charge < -0.3 is 15.4 Å². The molecule has 0 aromatic heterocycles. The van der Waals surface area contributed by atoms with E-state index >= 15 is 0 Å². The molecule has 0 bridgehead atoms. The van der Waals surface area contributed by atoms with E-state index in [1.165, 1.54) is 11.1 Å². The van der Waals surface area contributed by atoms with Crippen molar-refractivity contribution in [3.63, 3.8) is 0 Å². The lowest BCUT2D eigenvalue weighted by Gasteiger charge is -2.35. The third kappa shape index (κ3) is 4.36. The highest BCUT2D eigenvalue weighted by Gasteiger charge is 2.57. The molecule has 3 atom stereocenters. The van der Waals surface area contributed by atoms with Crippen molar-refractivity contribution in [3.05, 3.63) is 35.4 Å². The van der Waals surface area contributed by atoms with E-state index in [1.54, 1.807) is 0 Å². The van der Waals surface area contributed by atoms with Gasteiger partial charge in [-0.15, -0.1) is 0 Å². The Morgan fingerprint density at radius 3 is 2.56 bits per heavy atom. The highest BCUT2D eigenvalue weighted by molar-refractivity contribution is 5.82. The van der Waals surface area contributed by atoms with Crippen LogP contribution in [-0.4, -0.2) is 49.2 Å². The summed E-state index contributed by atoms with van der Waals surface area (Å²) in [6.45, 7) is 9.87. The maximum Gasteiger partial charge on any atom is 0.223 e. The summed E-state index contributed by atoms with van der Waals surface area (Å²) in [5, 5.41) is 6.63. The number of ether oxygens (including phenoxy) is 1. The van der Waals surface area contributed by atoms with E-state index in [0.29, 0.717) is 12.0 Å². The van der Waals surface area contributed by atoms with Gasteiger partial charge in [-0.2, -0.15) is 0 Å². The average molecular weight is 372 g/mol. The topological polar surface area (TPSA) is 53.6 Å². The van der Waals surface area contributed by atoms with Gasteiger partial charge in [-0.25, -0.2) is 0 Å². The maximum atomic E-state index is 12.7. The van der Waals surface area contributed by atoms with Crippen molar-refractivity contribution < 1.29 is 9.53 Å². The zero-order valence-electron chi connectivity index (χ0n) is 16.7. The molecule has 5 nitrogen and oxygen atoms in total. The standard InChI is InChI=1S/C22H33N3O2/c1-16-13-25(14-17(2)27-16)15-19-6-4-3-5-18(19)12-24-21(26)20-11-22(20)7-9-23-10-8-22/h3-6,16-17,20,23H,7-15H2,1-2H3,(H,24,26)/t16-,17+,20-/m0/s1. The number of benzene rings is 1. The number of rotatable bonds is 5. The molecule has 1 spiro atoms. The van der Waals surface area contributed by atoms with Crippen molar-refractivity contribution in [1.82, 2.24) is 15.5 Å². The molecular formula is C22H33N3O2. The lowest BCUT2D eigenvalue weighted by Crippen LogP contribution is -2.45. The summed E-state index contributed by atoms with van der Waals surface area (Å²) in [7, 11) is 0. The predicted molar refractivity (Wildman–Crippen MR) is 106 cm³/mol. The van der Waals surface area contributed by atoms with Gasteiger partial charge in [-0.1, -0.05) is 24.3 Å². The Kier molecular flexibility index (Phi) is 5.53. The molecule has 0 radical (unpaired) electrons. The van der Waals surface area contributed by atoms with Crippen LogP contribution in [0.4, 0.5) is 0 Å². The van der Waals surface area contributed by atoms with Crippen LogP contribution in [0.3, 0.4) is 0 Å². The Hall–Kier alpha value is -1.43. The van der Waals surface area contributed by atoms with Gasteiger partial charge in [-0.05, 0) is 62.7 Å². The molecule has 1 amide bonds. The van der Waals surface area contributed by atoms with Crippen molar-refractivity contribution in [1.29, 1.82) is 0 Å². The van der Waals surface area contributed by atoms with Gasteiger partial charge in [-0.3, -0.25) is 9.69 Å². The summed E-state index contributed by atoms with van der Waals surface area (Å²) in [6, 6.07) is 8.51. The second kappa shape index (κ2) is 7.90. The number of morpholine rings is 1.